The van der Waals surface area contributed by atoms with Gasteiger partial charge in [0.05, 0.1) is 0 Å². The van der Waals surface area contributed by atoms with Crippen LogP contribution in [0.15, 0.2) is 12.3 Å². The van der Waals surface area contributed by atoms with Gasteiger partial charge in [-0.15, -0.1) is 0 Å². The van der Waals surface area contributed by atoms with Crippen molar-refractivity contribution in [3.8, 4) is 0 Å². The van der Waals surface area contributed by atoms with Gasteiger partial charge in [-0.25, -0.2) is 0 Å². The molecule has 0 aliphatic carbocycles. The van der Waals surface area contributed by atoms with E-state index in [-0.39, 0.29) is 0 Å². The van der Waals surface area contributed by atoms with Gasteiger partial charge in [-0.3, -0.25) is 0 Å². The fourth-order valence-corrected chi connectivity index (χ4v) is 0.978. The number of rotatable bonds is 2. The van der Waals surface area contributed by atoms with E-state index in [0.717, 1.165) is 0 Å². The van der Waals surface area contributed by atoms with Gasteiger partial charge in [0.2, 0.25) is 0 Å². The summed E-state index contributed by atoms with van der Waals surface area (Å²) in [7, 11) is 0. The molecule has 1 heteroatoms. The van der Waals surface area contributed by atoms with Gasteiger partial charge in [-0.2, -0.15) is 0 Å². The van der Waals surface area contributed by atoms with Gasteiger partial charge in [0.1, 0.15) is 0 Å². The van der Waals surface area contributed by atoms with Crippen molar-refractivity contribution >= 4 is 0 Å². The van der Waals surface area contributed by atoms with E-state index in [1.807, 2.05) is 6.20 Å². The predicted octanol–water partition coefficient (Wildman–Crippen LogP) is 2.28. The van der Waals surface area contributed by atoms with E-state index in [0.29, 0.717) is 0 Å². The number of hydrogen-bond acceptors (Lipinski definition) is 0. The van der Waals surface area contributed by atoms with E-state index in [9.17, 15) is 0 Å². The summed E-state index contributed by atoms with van der Waals surface area (Å²) in [4.78, 5) is 3.21. The summed E-state index contributed by atoms with van der Waals surface area (Å²) in [6, 6.07) is 2.20. The Balaban J connectivity index is 2.61. The third-order valence-electron chi connectivity index (χ3n) is 1.41. The summed E-state index contributed by atoms with van der Waals surface area (Å²) in [6.45, 7) is 4.30. The average Bonchev–Trinajstić information content (AvgIpc) is 2.17. The van der Waals surface area contributed by atoms with Crippen molar-refractivity contribution in [1.29, 1.82) is 0 Å². The largest absolute Gasteiger partial charge is 0.365 e. The first-order valence-electron chi connectivity index (χ1n) is 3.47. The van der Waals surface area contributed by atoms with Crippen LogP contribution in [0.25, 0.3) is 0 Å². The molecule has 0 radical (unpaired) electrons. The quantitative estimate of drug-likeness (QED) is 0.621. The molecule has 0 aliphatic rings. The number of hydrogen-bond donors (Lipinski definition) is 1. The van der Waals surface area contributed by atoms with Gasteiger partial charge in [0, 0.05) is 11.9 Å². The maximum Gasteiger partial charge on any atom is 0.0149 e. The highest BCUT2D eigenvalue weighted by Crippen LogP contribution is 2.02. The fraction of sp³-hybridized carbons (Fsp3) is 0.500. The zero-order valence-corrected chi connectivity index (χ0v) is 6.07. The molecule has 0 bridgehead atoms. The summed E-state index contributed by atoms with van der Waals surface area (Å²) in [5, 5.41) is 0. The van der Waals surface area contributed by atoms with Crippen LogP contribution in [-0.2, 0) is 6.42 Å². The molecule has 0 aliphatic heterocycles. The smallest absolute Gasteiger partial charge is 0.0149 e. The highest BCUT2D eigenvalue weighted by atomic mass is 14.7. The first-order valence-corrected chi connectivity index (χ1v) is 3.47. The van der Waals surface area contributed by atoms with Crippen LogP contribution in [0, 0.1) is 6.92 Å². The second kappa shape index (κ2) is 2.72. The minimum atomic E-state index is 1.17. The first-order chi connectivity index (χ1) is 4.33. The van der Waals surface area contributed by atoms with E-state index >= 15 is 0 Å². The number of aryl methyl sites for hydroxylation is 2. The number of nitrogens with one attached hydrogen (secondary N) is 1. The van der Waals surface area contributed by atoms with Crippen LogP contribution in [0.4, 0.5) is 0 Å². The maximum atomic E-state index is 3.21. The molecule has 0 fully saturated rings. The highest BCUT2D eigenvalue weighted by Gasteiger charge is 1.90. The lowest BCUT2D eigenvalue weighted by molar-refractivity contribution is 0.892. The summed E-state index contributed by atoms with van der Waals surface area (Å²) in [5.41, 5.74) is 2.69. The van der Waals surface area contributed by atoms with Crippen molar-refractivity contribution in [3.63, 3.8) is 0 Å². The number of aromatic amines is 1. The molecule has 0 saturated carbocycles. The molecule has 0 unspecified atom stereocenters. The standard InChI is InChI=1S/C8H13N/c1-3-4-8-5-7(2)6-9-8/h5-6,9H,3-4H2,1-2H3. The van der Waals surface area contributed by atoms with Gasteiger partial charge < -0.3 is 4.98 Å². The lowest BCUT2D eigenvalue weighted by Gasteiger charge is -1.88. The van der Waals surface area contributed by atoms with Gasteiger partial charge >= 0.3 is 0 Å². The zero-order chi connectivity index (χ0) is 6.69. The average molecular weight is 123 g/mol. The topological polar surface area (TPSA) is 15.8 Å². The third kappa shape index (κ3) is 1.60. The Morgan fingerprint density at radius 2 is 2.33 bits per heavy atom. The monoisotopic (exact) mass is 123 g/mol. The van der Waals surface area contributed by atoms with Crippen LogP contribution in [-0.4, -0.2) is 4.98 Å². The minimum absolute atomic E-state index is 1.17. The molecule has 0 amide bonds. The molecule has 1 heterocycles. The fourth-order valence-electron chi connectivity index (χ4n) is 0.978. The number of H-pyrrole nitrogens is 1. The Kier molecular flexibility index (Phi) is 1.93. The summed E-state index contributed by atoms with van der Waals surface area (Å²) >= 11 is 0. The molecule has 50 valence electrons. The van der Waals surface area contributed by atoms with Gasteiger partial charge in [0.15, 0.2) is 0 Å². The maximum absolute atomic E-state index is 3.21. The molecule has 1 N–H and O–H groups in total. The second-order valence-electron chi connectivity index (χ2n) is 2.45. The van der Waals surface area contributed by atoms with Crippen molar-refractivity contribution in [3.05, 3.63) is 23.5 Å². The van der Waals surface area contributed by atoms with Crippen molar-refractivity contribution in [2.24, 2.45) is 0 Å². The molecule has 0 aromatic carbocycles. The molecule has 1 nitrogen and oxygen atoms in total. The Bertz CT molecular complexity index is 176. The Morgan fingerprint density at radius 3 is 2.78 bits per heavy atom. The van der Waals surface area contributed by atoms with Crippen LogP contribution < -0.4 is 0 Å². The van der Waals surface area contributed by atoms with Crippen molar-refractivity contribution in [2.45, 2.75) is 26.7 Å². The van der Waals surface area contributed by atoms with E-state index in [1.165, 1.54) is 24.1 Å². The van der Waals surface area contributed by atoms with Crippen LogP contribution in [0.5, 0.6) is 0 Å². The molecule has 0 spiro atoms. The van der Waals surface area contributed by atoms with Crippen molar-refractivity contribution in [2.75, 3.05) is 0 Å². The third-order valence-corrected chi connectivity index (χ3v) is 1.41. The SMILES string of the molecule is CCCc1cc(C)c[nH]1. The Morgan fingerprint density at radius 1 is 1.56 bits per heavy atom. The van der Waals surface area contributed by atoms with Crippen molar-refractivity contribution in [1.82, 2.24) is 4.98 Å². The van der Waals surface area contributed by atoms with Crippen LogP contribution in [0.3, 0.4) is 0 Å². The Hall–Kier alpha value is -0.720. The van der Waals surface area contributed by atoms with Crippen LogP contribution in [0.2, 0.25) is 0 Å². The first kappa shape index (κ1) is 6.40. The van der Waals surface area contributed by atoms with Crippen LogP contribution >= 0.6 is 0 Å². The highest BCUT2D eigenvalue weighted by molar-refractivity contribution is 5.14. The molecule has 9 heavy (non-hydrogen) atoms. The van der Waals surface area contributed by atoms with Gasteiger partial charge in [-0.1, -0.05) is 13.3 Å². The molecule has 1 rings (SSSR count). The molecule has 1 aromatic rings. The summed E-state index contributed by atoms with van der Waals surface area (Å²) in [6.07, 6.45) is 4.44. The molecule has 0 atom stereocenters. The van der Waals surface area contributed by atoms with E-state index in [2.05, 4.69) is 24.9 Å². The van der Waals surface area contributed by atoms with Crippen molar-refractivity contribution < 1.29 is 0 Å². The second-order valence-corrected chi connectivity index (χ2v) is 2.45. The van der Waals surface area contributed by atoms with E-state index in [1.54, 1.807) is 0 Å². The van der Waals surface area contributed by atoms with Gasteiger partial charge in [-0.05, 0) is 25.0 Å². The molecular weight excluding hydrogens is 110 g/mol. The molecular formula is C8H13N. The lowest BCUT2D eigenvalue weighted by atomic mass is 10.2. The van der Waals surface area contributed by atoms with E-state index < -0.39 is 0 Å². The Labute approximate surface area is 56.1 Å². The van der Waals surface area contributed by atoms with E-state index in [4.69, 9.17) is 0 Å². The van der Waals surface area contributed by atoms with Crippen LogP contribution in [0.1, 0.15) is 24.6 Å². The number of aromatic nitrogens is 1. The molecule has 1 aromatic heterocycles. The normalized spacial score (nSPS) is 10.0. The van der Waals surface area contributed by atoms with Gasteiger partial charge in [0.25, 0.3) is 0 Å². The summed E-state index contributed by atoms with van der Waals surface area (Å²) < 4.78 is 0. The molecule has 0 saturated heterocycles. The minimum Gasteiger partial charge on any atom is -0.365 e. The predicted molar refractivity (Wildman–Crippen MR) is 39.5 cm³/mol. The lowest BCUT2D eigenvalue weighted by Crippen LogP contribution is -1.79. The summed E-state index contributed by atoms with van der Waals surface area (Å²) in [5.74, 6) is 0. The zero-order valence-electron chi connectivity index (χ0n) is 6.07.